The van der Waals surface area contributed by atoms with Gasteiger partial charge in [-0.15, -0.1) is 4.33 Å². The van der Waals surface area contributed by atoms with Crippen molar-refractivity contribution >= 4 is 96.9 Å². The van der Waals surface area contributed by atoms with E-state index in [9.17, 15) is 146 Å². The second-order valence-electron chi connectivity index (χ2n) is 18.2. The average molecular weight is 1500 g/mol. The summed E-state index contributed by atoms with van der Waals surface area (Å²) in [7, 11) is -36.0. The number of aliphatic carboxylic acids is 2. The van der Waals surface area contributed by atoms with E-state index in [1.54, 1.807) is 5.48 Å². The first-order valence-corrected chi connectivity index (χ1v) is 33.5. The SMILES string of the molecule is CO[C@H]1O[C@H](COS(=O)(=O)[O-])[C@@H](O[C@@H]2OC(C(=O)[O-])[C@H](O[C@@H]3OC(COOS(=O)[O-])[C@H](O[C@H]4O[C@H](C(=O)[O-])[C@@H](O[C@H]5O[C@H](COS(=O)(=O)[O-])[C@@H](O)C(O)C5NS(=O)(=O)[O-])C(O)C4O)[C@H](OS(=O)(=O)[O-])C3NS(=O)(=O)[O-])[C@@H](O)C2OS(=O)(=O)[O-])C(O)C1NOS(=O)[O-]. The molecule has 5 fully saturated rings. The summed E-state index contributed by atoms with van der Waals surface area (Å²) in [4.78, 5) is 29.9. The van der Waals surface area contributed by atoms with Crippen LogP contribution < -0.4 is 25.1 Å². The lowest BCUT2D eigenvalue weighted by Crippen LogP contribution is -2.72. The lowest BCUT2D eigenvalue weighted by atomic mass is 9.94. The Kier molecular flexibility index (Phi) is 27.7. The maximum atomic E-state index is 12.9. The Labute approximate surface area is 513 Å². The summed E-state index contributed by atoms with van der Waals surface area (Å²) >= 11 is -7.35. The van der Waals surface area contributed by atoms with Gasteiger partial charge in [-0.3, -0.25) is 16.7 Å². The molecule has 0 aromatic carbocycles. The Bertz CT molecular complexity index is 3240. The van der Waals surface area contributed by atoms with Gasteiger partial charge in [0.05, 0.1) is 25.2 Å². The van der Waals surface area contributed by atoms with Crippen molar-refractivity contribution in [3.05, 3.63) is 0 Å². The van der Waals surface area contributed by atoms with Gasteiger partial charge in [0.15, 0.2) is 58.2 Å². The molecule has 12 unspecified atom stereocenters. The number of aliphatic hydroxyl groups excluding tert-OH is 6. The molecule has 60 heteroatoms. The van der Waals surface area contributed by atoms with Crippen LogP contribution in [0.15, 0.2) is 0 Å². The highest BCUT2D eigenvalue weighted by Crippen LogP contribution is 2.38. The number of rotatable bonds is 32. The highest BCUT2D eigenvalue weighted by Gasteiger charge is 2.59. The molecular formula is C31H43N3O49S8-10. The topological polar surface area (TPSA) is 818 Å². The van der Waals surface area contributed by atoms with Gasteiger partial charge in [0.25, 0.3) is 0 Å². The fourth-order valence-corrected chi connectivity index (χ4v) is 11.9. The Morgan fingerprint density at radius 1 is 0.451 bits per heavy atom. The second-order valence-corrected chi connectivity index (χ2v) is 25.7. The van der Waals surface area contributed by atoms with Crippen molar-refractivity contribution in [2.45, 2.75) is 153 Å². The molecule has 9 N–H and O–H groups in total. The number of ether oxygens (including phenoxy) is 10. The molecule has 27 atom stereocenters. The molecule has 5 rings (SSSR count). The number of carboxylic acid groups (broad SMARTS) is 2. The smallest absolute Gasteiger partial charge is 0.218 e. The number of carbonyl (C=O) groups excluding carboxylic acids is 2. The minimum Gasteiger partial charge on any atom is -0.748 e. The van der Waals surface area contributed by atoms with Gasteiger partial charge in [0, 0.05) is 7.11 Å². The first-order valence-electron chi connectivity index (χ1n) is 23.4. The van der Waals surface area contributed by atoms with E-state index in [0.717, 1.165) is 16.6 Å². The van der Waals surface area contributed by atoms with Crippen molar-refractivity contribution in [2.24, 2.45) is 0 Å². The van der Waals surface area contributed by atoms with Crippen LogP contribution in [-0.4, -0.2) is 318 Å². The first-order chi connectivity index (χ1) is 41.6. The van der Waals surface area contributed by atoms with Crippen molar-refractivity contribution in [1.82, 2.24) is 14.9 Å². The number of carbonyl (C=O) groups is 2. The largest absolute Gasteiger partial charge is 0.748 e. The number of methoxy groups -OCH3 is 1. The maximum absolute atomic E-state index is 12.9. The van der Waals surface area contributed by atoms with Gasteiger partial charge >= 0.3 is 0 Å². The number of hydrogen-bond donors (Lipinski definition) is 9. The van der Waals surface area contributed by atoms with E-state index in [2.05, 4.69) is 30.2 Å². The monoisotopic (exact) mass is 1500 g/mol. The number of nitrogens with one attached hydrogen (secondary N) is 3. The summed E-state index contributed by atoms with van der Waals surface area (Å²) in [6.07, 6.45) is -64.3. The predicted octanol–water partition coefficient (Wildman–Crippen LogP) is -18.6. The summed E-state index contributed by atoms with van der Waals surface area (Å²) in [5.74, 6) is -5.43. The van der Waals surface area contributed by atoms with Crippen molar-refractivity contribution in [3.8, 4) is 0 Å². The third-order valence-electron chi connectivity index (χ3n) is 12.3. The summed E-state index contributed by atoms with van der Waals surface area (Å²) in [5, 5.41) is 92.4. The zero-order chi connectivity index (χ0) is 69.0. The van der Waals surface area contributed by atoms with Crippen LogP contribution in [-0.2, 0) is 172 Å². The van der Waals surface area contributed by atoms with Crippen LogP contribution >= 0.6 is 0 Å². The quantitative estimate of drug-likeness (QED) is 0.00993. The summed E-state index contributed by atoms with van der Waals surface area (Å²) in [6, 6.07) is -8.13. The Hall–Kier alpha value is -2.42. The number of carboxylic acids is 2. The molecule has 5 saturated heterocycles. The molecule has 5 aliphatic heterocycles. The van der Waals surface area contributed by atoms with E-state index >= 15 is 0 Å². The molecule has 91 heavy (non-hydrogen) atoms. The lowest BCUT2D eigenvalue weighted by Gasteiger charge is -2.51. The highest BCUT2D eigenvalue weighted by molar-refractivity contribution is 7.84. The zero-order valence-electron chi connectivity index (χ0n) is 43.6. The minimum atomic E-state index is -6.61. The standard InChI is InChI=1S/C31H53N3O49S8/c1-67-27-8(32-82-84(45)46)13(37)17(7(72-27)4-70-89(58,59)60)74-31-22(81-91(64,65)66)16(40)21(24(79-31)26(43)44)77-29-10(34-87(52,53)54)19(80-90(61,62)63)18(6(73-29)2-68-83-85(47)48)75-30-15(39)14(38)20(23(78-30)25(41)42)76-28-9(33-86(49,50)51)12(36)11(35)5(71-28)3-69-88(55,56)57/h5-24,27-40H,2-4H2,1H3,(H,41,42)(H,43,44)(H,45,46)(H,47,48)(H,49,50,51)(H,52,53,54)(H,55,56,57)(H,58,59,60)(H,61,62,63)(H,64,65,66)/p-10/t5-,6?,7-,8?,9?,10?,11-,12?,13?,14?,15?,16-,17-,18+,19-,20+,21-,22?,23+,24?,27+,28-,29+,30+,31-/m1/s1. The predicted molar refractivity (Wildman–Crippen MR) is 242 cm³/mol. The van der Waals surface area contributed by atoms with Crippen molar-refractivity contribution in [1.29, 1.82) is 0 Å². The normalized spacial score (nSPS) is 39.0. The van der Waals surface area contributed by atoms with Crippen LogP contribution in [0.5, 0.6) is 0 Å². The molecule has 0 aromatic rings. The molecule has 0 amide bonds. The average Bonchev–Trinajstić information content (AvgIpc) is 0.774. The van der Waals surface area contributed by atoms with E-state index in [1.807, 2.05) is 0 Å². The molecule has 0 bridgehead atoms. The van der Waals surface area contributed by atoms with E-state index in [0.29, 0.717) is 0 Å². The molecule has 52 nitrogen and oxygen atoms in total. The number of aliphatic hydroxyl groups is 6. The van der Waals surface area contributed by atoms with Crippen LogP contribution in [0.2, 0.25) is 0 Å². The molecule has 0 aromatic heterocycles. The van der Waals surface area contributed by atoms with Crippen LogP contribution in [0.25, 0.3) is 0 Å². The molecule has 0 aliphatic carbocycles. The Morgan fingerprint density at radius 2 is 0.890 bits per heavy atom. The van der Waals surface area contributed by atoms with Gasteiger partial charge in [0.2, 0.25) is 41.6 Å². The van der Waals surface area contributed by atoms with E-state index in [-0.39, 0.29) is 0 Å². The second kappa shape index (κ2) is 31.8. The van der Waals surface area contributed by atoms with E-state index < -0.39 is 270 Å². The van der Waals surface area contributed by atoms with Gasteiger partial charge in [0.1, 0.15) is 145 Å². The molecule has 5 aliphatic rings. The molecule has 534 valence electrons. The third-order valence-corrected chi connectivity index (χ3v) is 15.6. The van der Waals surface area contributed by atoms with Crippen LogP contribution in [0, 0.1) is 0 Å². The van der Waals surface area contributed by atoms with Crippen molar-refractivity contribution < 1.29 is 223 Å². The Balaban J connectivity index is 1.58. The molecular weight excluding hydrogens is 1450 g/mol. The third kappa shape index (κ3) is 23.1. The van der Waals surface area contributed by atoms with Crippen LogP contribution in [0.3, 0.4) is 0 Å². The first kappa shape index (κ1) is 79.3. The van der Waals surface area contributed by atoms with Gasteiger partial charge in [-0.2, -0.15) is 5.48 Å². The zero-order valence-corrected chi connectivity index (χ0v) is 50.1. The van der Waals surface area contributed by atoms with Crippen LogP contribution in [0.4, 0.5) is 0 Å². The van der Waals surface area contributed by atoms with E-state index in [1.165, 1.54) is 0 Å². The van der Waals surface area contributed by atoms with Gasteiger partial charge in [-0.05, 0) is 0 Å². The van der Waals surface area contributed by atoms with Crippen molar-refractivity contribution in [2.75, 3.05) is 26.9 Å². The number of hydroxylamine groups is 1. The van der Waals surface area contributed by atoms with Crippen LogP contribution in [0.1, 0.15) is 0 Å². The minimum absolute atomic E-state index is 0.779. The fraction of sp³-hybridized carbons (Fsp3) is 0.935. The summed E-state index contributed by atoms with van der Waals surface area (Å²) < 4.78 is 338. The van der Waals surface area contributed by atoms with Gasteiger partial charge in [-0.25, -0.2) is 77.5 Å². The highest BCUT2D eigenvalue weighted by atomic mass is 32.3. The van der Waals surface area contributed by atoms with Crippen molar-refractivity contribution in [3.63, 3.8) is 0 Å². The number of hydrogen-bond acceptors (Lipinski definition) is 50. The summed E-state index contributed by atoms with van der Waals surface area (Å²) in [5.41, 5.74) is 1.66. The fourth-order valence-electron chi connectivity index (χ4n) is 8.84. The van der Waals surface area contributed by atoms with E-state index in [4.69, 9.17) is 47.4 Å². The van der Waals surface area contributed by atoms with Gasteiger partial charge < -0.3 is 134 Å². The lowest BCUT2D eigenvalue weighted by molar-refractivity contribution is -0.392. The maximum Gasteiger partial charge on any atom is 0.218 e. The molecule has 0 radical (unpaired) electrons. The molecule has 5 heterocycles. The summed E-state index contributed by atoms with van der Waals surface area (Å²) in [6.45, 7) is -4.99. The molecule has 0 saturated carbocycles. The van der Waals surface area contributed by atoms with Gasteiger partial charge in [-0.1, -0.05) is 0 Å². The Morgan fingerprint density at radius 3 is 1.37 bits per heavy atom. The molecule has 0 spiro atoms.